The Kier molecular flexibility index (Phi) is 3.63. The van der Waals surface area contributed by atoms with E-state index in [1.54, 1.807) is 35.6 Å². The van der Waals surface area contributed by atoms with E-state index in [-0.39, 0.29) is 5.91 Å². The van der Waals surface area contributed by atoms with Gasteiger partial charge in [-0.05, 0) is 12.1 Å². The quantitative estimate of drug-likeness (QED) is 0.859. The minimum Gasteiger partial charge on any atom is -0.398 e. The van der Waals surface area contributed by atoms with Gasteiger partial charge in [-0.15, -0.1) is 0 Å². The van der Waals surface area contributed by atoms with Crippen LogP contribution in [0.15, 0.2) is 36.9 Å². The lowest BCUT2D eigenvalue weighted by Gasteiger charge is -2.34. The predicted molar refractivity (Wildman–Crippen MR) is 78.8 cm³/mol. The molecule has 21 heavy (non-hydrogen) atoms. The lowest BCUT2D eigenvalue weighted by atomic mass is 10.2. The molecule has 0 saturated carbocycles. The summed E-state index contributed by atoms with van der Waals surface area (Å²) in [6.07, 6.45) is 6.54. The highest BCUT2D eigenvalue weighted by Crippen LogP contribution is 2.15. The normalized spacial score (nSPS) is 15.0. The van der Waals surface area contributed by atoms with Gasteiger partial charge in [-0.1, -0.05) is 0 Å². The molecule has 0 atom stereocenters. The van der Waals surface area contributed by atoms with Crippen molar-refractivity contribution in [3.63, 3.8) is 0 Å². The van der Waals surface area contributed by atoms with Crippen molar-refractivity contribution in [3.8, 4) is 0 Å². The van der Waals surface area contributed by atoms with E-state index >= 15 is 0 Å². The summed E-state index contributed by atoms with van der Waals surface area (Å²) in [5.74, 6) is 0.625. The van der Waals surface area contributed by atoms with E-state index in [2.05, 4.69) is 19.9 Å². The van der Waals surface area contributed by atoms with E-state index in [9.17, 15) is 4.79 Å². The Bertz CT molecular complexity index is 624. The Morgan fingerprint density at radius 2 is 1.81 bits per heavy atom. The third-order valence-corrected chi connectivity index (χ3v) is 3.49. The van der Waals surface area contributed by atoms with Crippen molar-refractivity contribution in [3.05, 3.63) is 42.5 Å². The molecular formula is C14H16N6O. The first-order valence-corrected chi connectivity index (χ1v) is 6.76. The number of carbonyl (C=O) groups excluding carboxylic acids is 1. The average molecular weight is 284 g/mol. The maximum Gasteiger partial charge on any atom is 0.257 e. The summed E-state index contributed by atoms with van der Waals surface area (Å²) in [4.78, 5) is 28.7. The molecule has 0 unspecified atom stereocenters. The molecular weight excluding hydrogens is 268 g/mol. The van der Waals surface area contributed by atoms with Gasteiger partial charge in [0.15, 0.2) is 0 Å². The van der Waals surface area contributed by atoms with Gasteiger partial charge in [-0.2, -0.15) is 0 Å². The molecule has 2 aromatic heterocycles. The van der Waals surface area contributed by atoms with Crippen LogP contribution in [-0.2, 0) is 0 Å². The summed E-state index contributed by atoms with van der Waals surface area (Å²) in [6.45, 7) is 2.64. The average Bonchev–Trinajstić information content (AvgIpc) is 2.56. The van der Waals surface area contributed by atoms with Gasteiger partial charge in [0.05, 0.1) is 5.56 Å². The van der Waals surface area contributed by atoms with Crippen LogP contribution in [0.4, 0.5) is 11.6 Å². The van der Waals surface area contributed by atoms with E-state index in [4.69, 9.17) is 5.73 Å². The highest BCUT2D eigenvalue weighted by atomic mass is 16.2. The fourth-order valence-electron chi connectivity index (χ4n) is 2.32. The fraction of sp³-hybridized carbons (Fsp3) is 0.286. The highest BCUT2D eigenvalue weighted by molar-refractivity contribution is 5.98. The van der Waals surface area contributed by atoms with Crippen molar-refractivity contribution in [1.82, 2.24) is 19.9 Å². The Balaban J connectivity index is 1.66. The second-order valence-corrected chi connectivity index (χ2v) is 4.79. The van der Waals surface area contributed by atoms with Crippen molar-refractivity contribution in [2.45, 2.75) is 0 Å². The minimum absolute atomic E-state index is 0.0748. The van der Waals surface area contributed by atoms with Crippen LogP contribution in [0.1, 0.15) is 10.4 Å². The minimum atomic E-state index is -0.0748. The Morgan fingerprint density at radius 1 is 1.10 bits per heavy atom. The molecule has 0 spiro atoms. The van der Waals surface area contributed by atoms with Gasteiger partial charge in [0.25, 0.3) is 5.91 Å². The number of carbonyl (C=O) groups is 1. The van der Waals surface area contributed by atoms with Crippen molar-refractivity contribution in [2.24, 2.45) is 0 Å². The molecule has 2 N–H and O–H groups in total. The number of amides is 1. The van der Waals surface area contributed by atoms with E-state index in [0.717, 1.165) is 0 Å². The lowest BCUT2D eigenvalue weighted by molar-refractivity contribution is 0.0747. The molecule has 0 radical (unpaired) electrons. The molecule has 3 heterocycles. The first-order chi connectivity index (χ1) is 10.3. The van der Waals surface area contributed by atoms with E-state index in [0.29, 0.717) is 43.4 Å². The van der Waals surface area contributed by atoms with Crippen LogP contribution in [0.25, 0.3) is 0 Å². The topological polar surface area (TPSA) is 88.2 Å². The summed E-state index contributed by atoms with van der Waals surface area (Å²) in [5.41, 5.74) is 6.75. The summed E-state index contributed by atoms with van der Waals surface area (Å²) < 4.78 is 0. The van der Waals surface area contributed by atoms with E-state index < -0.39 is 0 Å². The summed E-state index contributed by atoms with van der Waals surface area (Å²) in [7, 11) is 0. The SMILES string of the molecule is Nc1ccncc1C(=O)N1CCN(c2ncccn2)CC1. The van der Waals surface area contributed by atoms with Gasteiger partial charge >= 0.3 is 0 Å². The smallest absolute Gasteiger partial charge is 0.257 e. The molecule has 1 amide bonds. The summed E-state index contributed by atoms with van der Waals surface area (Å²) in [5, 5.41) is 0. The number of hydrogen-bond donors (Lipinski definition) is 1. The Labute approximate surface area is 122 Å². The molecule has 1 aliphatic rings. The van der Waals surface area contributed by atoms with Gasteiger partial charge < -0.3 is 15.5 Å². The van der Waals surface area contributed by atoms with Crippen LogP contribution in [-0.4, -0.2) is 51.9 Å². The van der Waals surface area contributed by atoms with Crippen molar-refractivity contribution in [2.75, 3.05) is 36.8 Å². The number of aromatic nitrogens is 3. The molecule has 1 saturated heterocycles. The van der Waals surface area contributed by atoms with Crippen molar-refractivity contribution >= 4 is 17.5 Å². The highest BCUT2D eigenvalue weighted by Gasteiger charge is 2.24. The number of anilines is 2. The largest absolute Gasteiger partial charge is 0.398 e. The lowest BCUT2D eigenvalue weighted by Crippen LogP contribution is -2.49. The first kappa shape index (κ1) is 13.3. The Morgan fingerprint density at radius 3 is 2.48 bits per heavy atom. The zero-order valence-corrected chi connectivity index (χ0v) is 11.5. The van der Waals surface area contributed by atoms with E-state index in [1.165, 1.54) is 6.20 Å². The van der Waals surface area contributed by atoms with Crippen LogP contribution in [0.3, 0.4) is 0 Å². The molecule has 2 aromatic rings. The molecule has 3 rings (SSSR count). The van der Waals surface area contributed by atoms with Crippen LogP contribution < -0.4 is 10.6 Å². The molecule has 0 aromatic carbocycles. The maximum atomic E-state index is 12.4. The monoisotopic (exact) mass is 284 g/mol. The fourth-order valence-corrected chi connectivity index (χ4v) is 2.32. The van der Waals surface area contributed by atoms with Crippen LogP contribution in [0.2, 0.25) is 0 Å². The number of nitrogens with two attached hydrogens (primary N) is 1. The third kappa shape index (κ3) is 2.76. The molecule has 108 valence electrons. The van der Waals surface area contributed by atoms with Gasteiger partial charge in [0, 0.05) is 56.7 Å². The molecule has 1 fully saturated rings. The number of rotatable bonds is 2. The van der Waals surface area contributed by atoms with Crippen LogP contribution in [0, 0.1) is 0 Å². The predicted octanol–water partition coefficient (Wildman–Crippen LogP) is 0.416. The summed E-state index contributed by atoms with van der Waals surface area (Å²) in [6, 6.07) is 3.43. The number of piperazine rings is 1. The number of pyridine rings is 1. The molecule has 1 aliphatic heterocycles. The third-order valence-electron chi connectivity index (χ3n) is 3.49. The van der Waals surface area contributed by atoms with Crippen molar-refractivity contribution in [1.29, 1.82) is 0 Å². The maximum absolute atomic E-state index is 12.4. The number of nitrogens with zero attached hydrogens (tertiary/aromatic N) is 5. The van der Waals surface area contributed by atoms with Crippen molar-refractivity contribution < 1.29 is 4.79 Å². The standard InChI is InChI=1S/C14H16N6O/c15-12-2-5-16-10-11(12)13(21)19-6-8-20(9-7-19)14-17-3-1-4-18-14/h1-5,10H,6-9H2,(H2,15,16). The second-order valence-electron chi connectivity index (χ2n) is 4.79. The second kappa shape index (κ2) is 5.74. The van der Waals surface area contributed by atoms with Crippen LogP contribution in [0.5, 0.6) is 0 Å². The molecule has 7 nitrogen and oxygen atoms in total. The first-order valence-electron chi connectivity index (χ1n) is 6.76. The van der Waals surface area contributed by atoms with Gasteiger partial charge in [0.1, 0.15) is 0 Å². The number of hydrogen-bond acceptors (Lipinski definition) is 6. The van der Waals surface area contributed by atoms with Gasteiger partial charge in [-0.3, -0.25) is 9.78 Å². The van der Waals surface area contributed by atoms with E-state index in [1.807, 2.05) is 0 Å². The van der Waals surface area contributed by atoms with Gasteiger partial charge in [0.2, 0.25) is 5.95 Å². The zero-order valence-electron chi connectivity index (χ0n) is 11.5. The molecule has 0 aliphatic carbocycles. The Hall–Kier alpha value is -2.70. The number of nitrogen functional groups attached to an aromatic ring is 1. The molecule has 7 heteroatoms. The van der Waals surface area contributed by atoms with Gasteiger partial charge in [-0.25, -0.2) is 9.97 Å². The zero-order chi connectivity index (χ0) is 14.7. The summed E-state index contributed by atoms with van der Waals surface area (Å²) >= 11 is 0. The van der Waals surface area contributed by atoms with Crippen LogP contribution >= 0.6 is 0 Å². The molecule has 0 bridgehead atoms.